The van der Waals surface area contributed by atoms with Crippen LogP contribution in [0.5, 0.6) is 17.2 Å². The van der Waals surface area contributed by atoms with Crippen LogP contribution in [0.4, 0.5) is 0 Å². The molecule has 158 valence electrons. The fraction of sp³-hybridized carbons (Fsp3) is 0.143. The van der Waals surface area contributed by atoms with Crippen molar-refractivity contribution in [3.63, 3.8) is 0 Å². The molecule has 0 aliphatic carbocycles. The molecular weight excluding hydrogens is 428 g/mol. The molecular formula is C21H20O7S2. The van der Waals surface area contributed by atoms with Gasteiger partial charge in [-0.1, -0.05) is 41.5 Å². The number of hydrogen-bond donors (Lipinski definition) is 0. The van der Waals surface area contributed by atoms with Crippen molar-refractivity contribution in [2.45, 2.75) is 23.6 Å². The van der Waals surface area contributed by atoms with Crippen LogP contribution in [0, 0.1) is 13.8 Å². The van der Waals surface area contributed by atoms with Gasteiger partial charge in [-0.15, -0.1) is 0 Å². The minimum atomic E-state index is -4.27. The van der Waals surface area contributed by atoms with E-state index in [0.717, 1.165) is 11.1 Å². The molecule has 0 aromatic heterocycles. The third kappa shape index (κ3) is 4.74. The summed E-state index contributed by atoms with van der Waals surface area (Å²) < 4.78 is 66.4. The molecule has 0 aliphatic rings. The van der Waals surface area contributed by atoms with E-state index in [-0.39, 0.29) is 27.0 Å². The Morgan fingerprint density at radius 1 is 0.600 bits per heavy atom. The third-order valence-corrected chi connectivity index (χ3v) is 6.66. The van der Waals surface area contributed by atoms with Gasteiger partial charge in [0.15, 0.2) is 11.5 Å². The Kier molecular flexibility index (Phi) is 6.04. The van der Waals surface area contributed by atoms with E-state index >= 15 is 0 Å². The Labute approximate surface area is 176 Å². The quantitative estimate of drug-likeness (QED) is 0.507. The summed E-state index contributed by atoms with van der Waals surface area (Å²) in [5, 5.41) is 0. The van der Waals surface area contributed by atoms with Crippen molar-refractivity contribution in [1.82, 2.24) is 0 Å². The molecule has 0 fully saturated rings. The third-order valence-electron chi connectivity index (χ3n) is 4.17. The maximum absolute atomic E-state index is 12.7. The zero-order valence-corrected chi connectivity index (χ0v) is 18.2. The molecule has 0 spiro atoms. The van der Waals surface area contributed by atoms with Crippen molar-refractivity contribution < 1.29 is 29.9 Å². The first-order valence-electron chi connectivity index (χ1n) is 8.82. The minimum Gasteiger partial charge on any atom is -0.493 e. The highest BCUT2D eigenvalue weighted by Gasteiger charge is 2.26. The predicted molar refractivity (Wildman–Crippen MR) is 111 cm³/mol. The van der Waals surface area contributed by atoms with E-state index in [1.54, 1.807) is 24.3 Å². The summed E-state index contributed by atoms with van der Waals surface area (Å²) in [6, 6.07) is 16.3. The molecule has 9 heteroatoms. The van der Waals surface area contributed by atoms with Crippen molar-refractivity contribution in [2.75, 3.05) is 7.11 Å². The monoisotopic (exact) mass is 448 g/mol. The molecule has 0 saturated heterocycles. The lowest BCUT2D eigenvalue weighted by molar-refractivity contribution is 0.381. The molecule has 30 heavy (non-hydrogen) atoms. The second kappa shape index (κ2) is 8.37. The summed E-state index contributed by atoms with van der Waals surface area (Å²) in [5.74, 6) is -0.677. The number of para-hydroxylation sites is 1. The highest BCUT2D eigenvalue weighted by molar-refractivity contribution is 7.87. The largest absolute Gasteiger partial charge is 0.493 e. The van der Waals surface area contributed by atoms with Gasteiger partial charge >= 0.3 is 20.2 Å². The lowest BCUT2D eigenvalue weighted by atomic mass is 10.2. The van der Waals surface area contributed by atoms with Gasteiger partial charge in [0.2, 0.25) is 5.75 Å². The molecule has 7 nitrogen and oxygen atoms in total. The summed E-state index contributed by atoms with van der Waals surface area (Å²) in [7, 11) is -7.20. The highest BCUT2D eigenvalue weighted by atomic mass is 32.2. The topological polar surface area (TPSA) is 96.0 Å². The average Bonchev–Trinajstić information content (AvgIpc) is 2.69. The highest BCUT2D eigenvalue weighted by Crippen LogP contribution is 2.40. The predicted octanol–water partition coefficient (Wildman–Crippen LogP) is 3.85. The standard InChI is InChI=1S/C21H20O7S2/c1-15-7-11-17(12-8-15)29(22,23)27-20-6-4-5-19(26-3)21(20)28-30(24,25)18-13-9-16(2)10-14-18/h4-14H,1-3H3. The lowest BCUT2D eigenvalue weighted by Gasteiger charge is -2.15. The van der Waals surface area contributed by atoms with E-state index in [4.69, 9.17) is 13.1 Å². The molecule has 0 unspecified atom stereocenters. The molecule has 0 amide bonds. The van der Waals surface area contributed by atoms with Gasteiger partial charge in [0.25, 0.3) is 0 Å². The molecule has 3 aromatic carbocycles. The van der Waals surface area contributed by atoms with E-state index < -0.39 is 20.2 Å². The maximum atomic E-state index is 12.7. The molecule has 0 radical (unpaired) electrons. The summed E-state index contributed by atoms with van der Waals surface area (Å²) in [4.78, 5) is -0.172. The van der Waals surface area contributed by atoms with Gasteiger partial charge in [-0.3, -0.25) is 0 Å². The summed E-state index contributed by atoms with van der Waals surface area (Å²) in [6.45, 7) is 3.64. The molecule has 0 N–H and O–H groups in total. The summed E-state index contributed by atoms with van der Waals surface area (Å²) >= 11 is 0. The van der Waals surface area contributed by atoms with E-state index in [1.807, 2.05) is 13.8 Å². The Morgan fingerprint density at radius 3 is 1.50 bits per heavy atom. The molecule has 0 bridgehead atoms. The Bertz CT molecular complexity index is 1250. The smallest absolute Gasteiger partial charge is 0.339 e. The van der Waals surface area contributed by atoms with Gasteiger partial charge < -0.3 is 13.1 Å². The Hall–Kier alpha value is -3.04. The lowest BCUT2D eigenvalue weighted by Crippen LogP contribution is -2.14. The molecule has 0 heterocycles. The van der Waals surface area contributed by atoms with E-state index in [0.29, 0.717) is 0 Å². The average molecular weight is 449 g/mol. The Morgan fingerprint density at radius 2 is 1.03 bits per heavy atom. The van der Waals surface area contributed by atoms with Crippen LogP contribution < -0.4 is 13.1 Å². The van der Waals surface area contributed by atoms with E-state index in [9.17, 15) is 16.8 Å². The normalized spacial score (nSPS) is 11.7. The van der Waals surface area contributed by atoms with Gasteiger partial charge in [-0.2, -0.15) is 16.8 Å². The van der Waals surface area contributed by atoms with Crippen molar-refractivity contribution >= 4 is 20.2 Å². The van der Waals surface area contributed by atoms with Crippen LogP contribution >= 0.6 is 0 Å². The van der Waals surface area contributed by atoms with Gasteiger partial charge in [0, 0.05) is 0 Å². The van der Waals surface area contributed by atoms with Crippen LogP contribution in [0.25, 0.3) is 0 Å². The van der Waals surface area contributed by atoms with Crippen LogP contribution in [0.1, 0.15) is 11.1 Å². The first-order chi connectivity index (χ1) is 14.1. The molecule has 3 aromatic rings. The van der Waals surface area contributed by atoms with E-state index in [2.05, 4.69) is 0 Å². The zero-order valence-electron chi connectivity index (χ0n) is 16.5. The SMILES string of the molecule is COc1cccc(OS(=O)(=O)c2ccc(C)cc2)c1OS(=O)(=O)c1ccc(C)cc1. The van der Waals surface area contributed by atoms with Crippen LogP contribution in [0.15, 0.2) is 76.5 Å². The fourth-order valence-electron chi connectivity index (χ4n) is 2.54. The second-order valence-corrected chi connectivity index (χ2v) is 9.58. The van der Waals surface area contributed by atoms with Gasteiger partial charge in [0.05, 0.1) is 7.11 Å². The number of rotatable bonds is 7. The number of methoxy groups -OCH3 is 1. The molecule has 0 aliphatic heterocycles. The van der Waals surface area contributed by atoms with E-state index in [1.165, 1.54) is 49.6 Å². The zero-order chi connectivity index (χ0) is 21.9. The summed E-state index contributed by atoms with van der Waals surface area (Å²) in [6.07, 6.45) is 0. The Balaban J connectivity index is 2.01. The van der Waals surface area contributed by atoms with Crippen LogP contribution in [-0.4, -0.2) is 23.9 Å². The van der Waals surface area contributed by atoms with Crippen molar-refractivity contribution in [3.05, 3.63) is 77.9 Å². The summed E-state index contributed by atoms with van der Waals surface area (Å²) in [5.41, 5.74) is 1.75. The molecule has 0 saturated carbocycles. The van der Waals surface area contributed by atoms with Gasteiger partial charge in [-0.25, -0.2) is 0 Å². The van der Waals surface area contributed by atoms with Crippen LogP contribution in [-0.2, 0) is 20.2 Å². The molecule has 3 rings (SSSR count). The van der Waals surface area contributed by atoms with Crippen LogP contribution in [0.2, 0.25) is 0 Å². The van der Waals surface area contributed by atoms with Gasteiger partial charge in [0.1, 0.15) is 9.79 Å². The molecule has 0 atom stereocenters. The second-order valence-electron chi connectivity index (χ2n) is 6.49. The first-order valence-corrected chi connectivity index (χ1v) is 11.6. The van der Waals surface area contributed by atoms with Crippen molar-refractivity contribution in [3.8, 4) is 17.2 Å². The van der Waals surface area contributed by atoms with Crippen LogP contribution in [0.3, 0.4) is 0 Å². The minimum absolute atomic E-state index is 0.00212. The van der Waals surface area contributed by atoms with Gasteiger partial charge in [-0.05, 0) is 50.2 Å². The van der Waals surface area contributed by atoms with Crippen molar-refractivity contribution in [1.29, 1.82) is 0 Å². The first kappa shape index (κ1) is 21.7. The van der Waals surface area contributed by atoms with Crippen molar-refractivity contribution in [2.24, 2.45) is 0 Å². The number of benzene rings is 3. The maximum Gasteiger partial charge on any atom is 0.339 e. The number of hydrogen-bond acceptors (Lipinski definition) is 7. The fourth-order valence-corrected chi connectivity index (χ4v) is 4.42. The number of aryl methyl sites for hydroxylation is 2. The number of ether oxygens (including phenoxy) is 1.